The minimum absolute atomic E-state index is 0.0976. The third kappa shape index (κ3) is 2.72. The first-order chi connectivity index (χ1) is 11.7. The molecule has 0 radical (unpaired) electrons. The van der Waals surface area contributed by atoms with E-state index in [2.05, 4.69) is 25.1 Å². The molecule has 120 valence electrons. The minimum atomic E-state index is -0.0976. The molecule has 0 aromatic carbocycles. The van der Waals surface area contributed by atoms with E-state index in [1.807, 2.05) is 35.2 Å². The van der Waals surface area contributed by atoms with Gasteiger partial charge in [0.2, 0.25) is 0 Å². The van der Waals surface area contributed by atoms with E-state index >= 15 is 0 Å². The molecular formula is C15H12N6OS2. The zero-order valence-corrected chi connectivity index (χ0v) is 14.3. The van der Waals surface area contributed by atoms with Crippen LogP contribution in [-0.2, 0) is 12.8 Å². The lowest BCUT2D eigenvalue weighted by atomic mass is 10.3. The molecule has 0 aliphatic heterocycles. The van der Waals surface area contributed by atoms with Crippen molar-refractivity contribution in [2.24, 2.45) is 7.05 Å². The molecule has 0 saturated carbocycles. The summed E-state index contributed by atoms with van der Waals surface area (Å²) in [7, 11) is 1.91. The topological polar surface area (TPSA) is 89.4 Å². The second kappa shape index (κ2) is 6.17. The van der Waals surface area contributed by atoms with Crippen molar-refractivity contribution in [2.75, 3.05) is 0 Å². The van der Waals surface area contributed by atoms with Gasteiger partial charge in [0.1, 0.15) is 10.5 Å². The van der Waals surface area contributed by atoms with Gasteiger partial charge in [0.25, 0.3) is 5.56 Å². The monoisotopic (exact) mass is 356 g/mol. The van der Waals surface area contributed by atoms with Crippen molar-refractivity contribution in [1.82, 2.24) is 29.7 Å². The Morgan fingerprint density at radius 2 is 2.25 bits per heavy atom. The van der Waals surface area contributed by atoms with Gasteiger partial charge in [-0.2, -0.15) is 0 Å². The van der Waals surface area contributed by atoms with Crippen molar-refractivity contribution in [3.8, 4) is 11.4 Å². The fourth-order valence-corrected chi connectivity index (χ4v) is 3.82. The molecule has 24 heavy (non-hydrogen) atoms. The minimum Gasteiger partial charge on any atom is -0.309 e. The van der Waals surface area contributed by atoms with Crippen LogP contribution in [0.2, 0.25) is 0 Å². The number of hydrogen-bond donors (Lipinski definition) is 1. The Morgan fingerprint density at radius 1 is 1.33 bits per heavy atom. The summed E-state index contributed by atoms with van der Waals surface area (Å²) in [5, 5.41) is 11.1. The molecule has 0 fully saturated rings. The van der Waals surface area contributed by atoms with E-state index in [1.165, 1.54) is 23.1 Å². The molecule has 4 aromatic rings. The van der Waals surface area contributed by atoms with E-state index in [0.717, 1.165) is 22.1 Å². The summed E-state index contributed by atoms with van der Waals surface area (Å²) in [6.07, 6.45) is 3.47. The van der Waals surface area contributed by atoms with Crippen LogP contribution in [-0.4, -0.2) is 29.7 Å². The van der Waals surface area contributed by atoms with Crippen LogP contribution in [0.15, 0.2) is 45.9 Å². The average Bonchev–Trinajstić information content (AvgIpc) is 3.21. The van der Waals surface area contributed by atoms with E-state index in [1.54, 1.807) is 12.4 Å². The molecule has 0 unspecified atom stereocenters. The number of nitrogens with one attached hydrogen (secondary N) is 1. The number of rotatable bonds is 4. The predicted octanol–water partition coefficient (Wildman–Crippen LogP) is 2.47. The van der Waals surface area contributed by atoms with Crippen molar-refractivity contribution >= 4 is 33.3 Å². The molecule has 0 amide bonds. The molecule has 1 N–H and O–H groups in total. The highest BCUT2D eigenvalue weighted by molar-refractivity contribution is 7.98. The quantitative estimate of drug-likeness (QED) is 0.565. The summed E-state index contributed by atoms with van der Waals surface area (Å²) in [6.45, 7) is 0. The Hall–Kier alpha value is -2.52. The number of nitrogens with zero attached hydrogens (tertiary/aromatic N) is 5. The maximum Gasteiger partial charge on any atom is 0.268 e. The normalized spacial score (nSPS) is 11.2. The van der Waals surface area contributed by atoms with Crippen LogP contribution in [0.4, 0.5) is 0 Å². The van der Waals surface area contributed by atoms with Crippen LogP contribution < -0.4 is 5.56 Å². The Labute approximate surface area is 144 Å². The van der Waals surface area contributed by atoms with Gasteiger partial charge < -0.3 is 9.55 Å². The smallest absolute Gasteiger partial charge is 0.268 e. The van der Waals surface area contributed by atoms with Gasteiger partial charge >= 0.3 is 0 Å². The highest BCUT2D eigenvalue weighted by Gasteiger charge is 2.12. The molecule has 9 heteroatoms. The van der Waals surface area contributed by atoms with Crippen molar-refractivity contribution in [3.63, 3.8) is 0 Å². The zero-order chi connectivity index (χ0) is 16.5. The maximum absolute atomic E-state index is 12.0. The van der Waals surface area contributed by atoms with E-state index in [4.69, 9.17) is 0 Å². The fraction of sp³-hybridized carbons (Fsp3) is 0.133. The maximum atomic E-state index is 12.0. The second-order valence-corrected chi connectivity index (χ2v) is 6.90. The summed E-state index contributed by atoms with van der Waals surface area (Å²) < 4.78 is 2.56. The molecule has 0 bridgehead atoms. The molecule has 0 aliphatic rings. The van der Waals surface area contributed by atoms with Gasteiger partial charge in [-0.15, -0.1) is 21.5 Å². The standard InChI is InChI=1S/C15H12N6OS2/c1-21-13(9-3-2-5-16-7-9)19-20-15(21)24-8-11-17-10-4-6-23-12(10)14(22)18-11/h2-7H,8H2,1H3,(H,17,18,22). The van der Waals surface area contributed by atoms with E-state index in [0.29, 0.717) is 16.3 Å². The first-order valence-electron chi connectivity index (χ1n) is 7.11. The largest absolute Gasteiger partial charge is 0.309 e. The van der Waals surface area contributed by atoms with Gasteiger partial charge in [-0.3, -0.25) is 9.78 Å². The third-order valence-corrected chi connectivity index (χ3v) is 5.39. The average molecular weight is 356 g/mol. The first kappa shape index (κ1) is 15.0. The highest BCUT2D eigenvalue weighted by Crippen LogP contribution is 2.24. The first-order valence-corrected chi connectivity index (χ1v) is 8.98. The van der Waals surface area contributed by atoms with Crippen molar-refractivity contribution in [2.45, 2.75) is 10.9 Å². The van der Waals surface area contributed by atoms with Crippen LogP contribution in [0, 0.1) is 0 Å². The van der Waals surface area contributed by atoms with Gasteiger partial charge in [0, 0.05) is 25.0 Å². The van der Waals surface area contributed by atoms with Crippen molar-refractivity contribution in [1.29, 1.82) is 0 Å². The lowest BCUT2D eigenvalue weighted by Gasteiger charge is -2.03. The van der Waals surface area contributed by atoms with Gasteiger partial charge in [-0.25, -0.2) is 4.98 Å². The van der Waals surface area contributed by atoms with E-state index in [9.17, 15) is 4.79 Å². The molecule has 4 aromatic heterocycles. The third-order valence-electron chi connectivity index (χ3n) is 3.46. The number of H-pyrrole nitrogens is 1. The van der Waals surface area contributed by atoms with Crippen LogP contribution in [0.1, 0.15) is 5.82 Å². The molecule has 0 saturated heterocycles. The van der Waals surface area contributed by atoms with E-state index in [-0.39, 0.29) is 5.56 Å². The molecular weight excluding hydrogens is 344 g/mol. The Balaban J connectivity index is 1.57. The summed E-state index contributed by atoms with van der Waals surface area (Å²) >= 11 is 2.87. The highest BCUT2D eigenvalue weighted by atomic mass is 32.2. The van der Waals surface area contributed by atoms with E-state index < -0.39 is 0 Å². The fourth-order valence-electron chi connectivity index (χ4n) is 2.31. The number of aromatic amines is 1. The predicted molar refractivity (Wildman–Crippen MR) is 94.0 cm³/mol. The molecule has 7 nitrogen and oxygen atoms in total. The molecule has 0 aliphatic carbocycles. The Bertz CT molecular complexity index is 1050. The zero-order valence-electron chi connectivity index (χ0n) is 12.6. The lowest BCUT2D eigenvalue weighted by molar-refractivity contribution is 0.792. The number of pyridine rings is 1. The number of fused-ring (bicyclic) bond motifs is 1. The molecule has 0 spiro atoms. The number of hydrogen-bond acceptors (Lipinski definition) is 7. The van der Waals surface area contributed by atoms with Crippen molar-refractivity contribution < 1.29 is 0 Å². The van der Waals surface area contributed by atoms with Crippen molar-refractivity contribution in [3.05, 3.63) is 52.2 Å². The SMILES string of the molecule is Cn1c(SCc2nc3ccsc3c(=O)[nH]2)nnc1-c1cccnc1. The number of aromatic nitrogens is 6. The van der Waals surface area contributed by atoms with Crippen LogP contribution in [0.25, 0.3) is 21.6 Å². The summed E-state index contributed by atoms with van der Waals surface area (Å²) in [6, 6.07) is 5.66. The number of thioether (sulfide) groups is 1. The van der Waals surface area contributed by atoms with Crippen LogP contribution >= 0.6 is 23.1 Å². The van der Waals surface area contributed by atoms with Crippen LogP contribution in [0.5, 0.6) is 0 Å². The summed E-state index contributed by atoms with van der Waals surface area (Å²) in [5.74, 6) is 1.89. The van der Waals surface area contributed by atoms with Gasteiger partial charge in [0.05, 0.1) is 11.3 Å². The Kier molecular flexibility index (Phi) is 3.87. The summed E-state index contributed by atoms with van der Waals surface area (Å²) in [5.41, 5.74) is 1.54. The lowest BCUT2D eigenvalue weighted by Crippen LogP contribution is -2.09. The molecule has 4 rings (SSSR count). The molecule has 0 atom stereocenters. The summed E-state index contributed by atoms with van der Waals surface area (Å²) in [4.78, 5) is 23.4. The second-order valence-electron chi connectivity index (χ2n) is 5.04. The van der Waals surface area contributed by atoms with Gasteiger partial charge in [0.15, 0.2) is 11.0 Å². The molecule has 4 heterocycles. The Morgan fingerprint density at radius 3 is 3.08 bits per heavy atom. The van der Waals surface area contributed by atoms with Crippen LogP contribution in [0.3, 0.4) is 0 Å². The number of thiophene rings is 1. The van der Waals surface area contributed by atoms with Gasteiger partial charge in [-0.05, 0) is 23.6 Å². The van der Waals surface area contributed by atoms with Gasteiger partial charge in [-0.1, -0.05) is 11.8 Å².